The van der Waals surface area contributed by atoms with Crippen molar-refractivity contribution in [2.24, 2.45) is 5.73 Å². The van der Waals surface area contributed by atoms with E-state index < -0.39 is 5.91 Å². The van der Waals surface area contributed by atoms with E-state index in [1.807, 2.05) is 32.0 Å². The molecule has 122 valence electrons. The molecule has 23 heavy (non-hydrogen) atoms. The molecule has 0 unspecified atom stereocenters. The molecule has 3 N–H and O–H groups in total. The minimum Gasteiger partial charge on any atom is -0.493 e. The topological polar surface area (TPSA) is 99.2 Å². The molecular formula is C16H20N4O3. The first-order valence-electron chi connectivity index (χ1n) is 7.26. The molecule has 0 spiro atoms. The third-order valence-corrected chi connectivity index (χ3v) is 3.37. The second-order valence-electron chi connectivity index (χ2n) is 5.21. The van der Waals surface area contributed by atoms with Gasteiger partial charge in [0, 0.05) is 12.3 Å². The molecule has 0 saturated carbocycles. The van der Waals surface area contributed by atoms with Crippen molar-refractivity contribution in [3.8, 4) is 5.75 Å². The number of rotatable bonds is 7. The summed E-state index contributed by atoms with van der Waals surface area (Å²) in [5.74, 6) is 0.457. The van der Waals surface area contributed by atoms with Gasteiger partial charge in [0.15, 0.2) is 5.82 Å². The Bertz CT molecular complexity index is 709. The van der Waals surface area contributed by atoms with Crippen LogP contribution in [0.25, 0.3) is 0 Å². The van der Waals surface area contributed by atoms with Gasteiger partial charge in [-0.3, -0.25) is 14.3 Å². The molecule has 0 saturated heterocycles. The van der Waals surface area contributed by atoms with E-state index in [1.54, 1.807) is 12.3 Å². The maximum atomic E-state index is 11.9. The van der Waals surface area contributed by atoms with Crippen LogP contribution in [-0.2, 0) is 16.1 Å². The highest BCUT2D eigenvalue weighted by Crippen LogP contribution is 2.20. The van der Waals surface area contributed by atoms with Crippen LogP contribution in [0.5, 0.6) is 5.75 Å². The molecule has 0 aliphatic carbocycles. The van der Waals surface area contributed by atoms with Gasteiger partial charge in [-0.15, -0.1) is 0 Å². The summed E-state index contributed by atoms with van der Waals surface area (Å²) in [6.45, 7) is 4.25. The molecule has 7 nitrogen and oxygen atoms in total. The zero-order chi connectivity index (χ0) is 16.8. The molecule has 0 atom stereocenters. The fourth-order valence-electron chi connectivity index (χ4n) is 2.02. The van der Waals surface area contributed by atoms with Crippen LogP contribution in [0.3, 0.4) is 0 Å². The molecule has 1 aromatic carbocycles. The highest BCUT2D eigenvalue weighted by molar-refractivity contribution is 5.89. The van der Waals surface area contributed by atoms with Crippen molar-refractivity contribution in [1.29, 1.82) is 0 Å². The largest absolute Gasteiger partial charge is 0.493 e. The molecular weight excluding hydrogens is 296 g/mol. The number of primary amides is 1. The van der Waals surface area contributed by atoms with Crippen molar-refractivity contribution in [1.82, 2.24) is 9.78 Å². The Labute approximate surface area is 134 Å². The number of ether oxygens (including phenoxy) is 1. The van der Waals surface area contributed by atoms with Gasteiger partial charge in [0.05, 0.1) is 13.0 Å². The smallest absolute Gasteiger partial charge is 0.239 e. The van der Waals surface area contributed by atoms with E-state index >= 15 is 0 Å². The van der Waals surface area contributed by atoms with Crippen LogP contribution < -0.4 is 15.8 Å². The number of carbonyl (C=O) groups excluding carboxylic acids is 2. The Morgan fingerprint density at radius 3 is 2.83 bits per heavy atom. The van der Waals surface area contributed by atoms with Crippen LogP contribution in [0.4, 0.5) is 5.82 Å². The summed E-state index contributed by atoms with van der Waals surface area (Å²) < 4.78 is 7.00. The molecule has 2 amide bonds. The second-order valence-corrected chi connectivity index (χ2v) is 5.21. The summed E-state index contributed by atoms with van der Waals surface area (Å²) in [6, 6.07) is 7.42. The molecule has 0 radical (unpaired) electrons. The number of nitrogens with two attached hydrogens (primary N) is 1. The fourth-order valence-corrected chi connectivity index (χ4v) is 2.02. The highest BCUT2D eigenvalue weighted by Gasteiger charge is 2.07. The van der Waals surface area contributed by atoms with E-state index in [9.17, 15) is 9.59 Å². The first-order chi connectivity index (χ1) is 11.0. The normalized spacial score (nSPS) is 10.3. The van der Waals surface area contributed by atoms with E-state index in [2.05, 4.69) is 10.4 Å². The Morgan fingerprint density at radius 1 is 1.30 bits per heavy atom. The zero-order valence-electron chi connectivity index (χ0n) is 13.2. The summed E-state index contributed by atoms with van der Waals surface area (Å²) in [7, 11) is 0. The van der Waals surface area contributed by atoms with E-state index in [-0.39, 0.29) is 25.5 Å². The average molecular weight is 316 g/mol. The van der Waals surface area contributed by atoms with E-state index in [1.165, 1.54) is 4.68 Å². The van der Waals surface area contributed by atoms with Crippen LogP contribution >= 0.6 is 0 Å². The number of anilines is 1. The molecule has 0 bridgehead atoms. The summed E-state index contributed by atoms with van der Waals surface area (Å²) in [5, 5.41) is 6.67. The number of nitrogens with zero attached hydrogens (tertiary/aromatic N) is 2. The molecule has 0 aliphatic heterocycles. The zero-order valence-corrected chi connectivity index (χ0v) is 13.2. The molecule has 1 heterocycles. The maximum absolute atomic E-state index is 11.9. The first kappa shape index (κ1) is 16.5. The fraction of sp³-hybridized carbons (Fsp3) is 0.312. The maximum Gasteiger partial charge on any atom is 0.239 e. The lowest BCUT2D eigenvalue weighted by Crippen LogP contribution is -2.19. The standard InChI is InChI=1S/C16H20N4O3/c1-11-4-3-5-13(12(11)2)23-9-7-16(22)18-15-6-8-20(19-15)10-14(17)21/h3-6,8H,7,9-10H2,1-2H3,(H2,17,21)(H,18,19,22). The van der Waals surface area contributed by atoms with Crippen LogP contribution in [0.2, 0.25) is 0 Å². The van der Waals surface area contributed by atoms with Crippen molar-refractivity contribution in [2.75, 3.05) is 11.9 Å². The lowest BCUT2D eigenvalue weighted by atomic mass is 10.1. The number of nitrogens with one attached hydrogen (secondary N) is 1. The van der Waals surface area contributed by atoms with E-state index in [4.69, 9.17) is 10.5 Å². The SMILES string of the molecule is Cc1cccc(OCCC(=O)Nc2ccn(CC(N)=O)n2)c1C. The number of aromatic nitrogens is 2. The van der Waals surface area contributed by atoms with Gasteiger partial charge < -0.3 is 15.8 Å². The number of carbonyl (C=O) groups is 2. The van der Waals surface area contributed by atoms with Crippen molar-refractivity contribution in [3.05, 3.63) is 41.6 Å². The summed E-state index contributed by atoms with van der Waals surface area (Å²) in [6.07, 6.45) is 1.78. The Kier molecular flexibility index (Phi) is 5.35. The highest BCUT2D eigenvalue weighted by atomic mass is 16.5. The van der Waals surface area contributed by atoms with Gasteiger partial charge in [0.2, 0.25) is 11.8 Å². The van der Waals surface area contributed by atoms with E-state index in [0.717, 1.165) is 16.9 Å². The van der Waals surface area contributed by atoms with Gasteiger partial charge in [-0.05, 0) is 31.0 Å². The Hall–Kier alpha value is -2.83. The average Bonchev–Trinajstić information content (AvgIpc) is 2.89. The van der Waals surface area contributed by atoms with Gasteiger partial charge in [0.25, 0.3) is 0 Å². The summed E-state index contributed by atoms with van der Waals surface area (Å²) in [5.41, 5.74) is 7.29. The van der Waals surface area contributed by atoms with Crippen molar-refractivity contribution >= 4 is 17.6 Å². The lowest BCUT2D eigenvalue weighted by Gasteiger charge is -2.10. The van der Waals surface area contributed by atoms with Gasteiger partial charge in [-0.25, -0.2) is 0 Å². The van der Waals surface area contributed by atoms with Crippen molar-refractivity contribution < 1.29 is 14.3 Å². The summed E-state index contributed by atoms with van der Waals surface area (Å²) >= 11 is 0. The number of hydrogen-bond acceptors (Lipinski definition) is 4. The van der Waals surface area contributed by atoms with Crippen LogP contribution in [0.15, 0.2) is 30.5 Å². The van der Waals surface area contributed by atoms with Crippen molar-refractivity contribution in [2.45, 2.75) is 26.8 Å². The summed E-state index contributed by atoms with van der Waals surface area (Å²) in [4.78, 5) is 22.6. The van der Waals surface area contributed by atoms with Gasteiger partial charge in [-0.2, -0.15) is 5.10 Å². The number of aryl methyl sites for hydroxylation is 1. The van der Waals surface area contributed by atoms with Crippen LogP contribution in [-0.4, -0.2) is 28.2 Å². The molecule has 0 fully saturated rings. The van der Waals surface area contributed by atoms with Crippen molar-refractivity contribution in [3.63, 3.8) is 0 Å². The number of benzene rings is 1. The third kappa shape index (κ3) is 4.84. The minimum absolute atomic E-state index is 0.0222. The molecule has 1 aromatic heterocycles. The molecule has 2 rings (SSSR count). The van der Waals surface area contributed by atoms with Crippen LogP contribution in [0.1, 0.15) is 17.5 Å². The monoisotopic (exact) mass is 316 g/mol. The van der Waals surface area contributed by atoms with Gasteiger partial charge >= 0.3 is 0 Å². The van der Waals surface area contributed by atoms with E-state index in [0.29, 0.717) is 5.82 Å². The first-order valence-corrected chi connectivity index (χ1v) is 7.26. The molecule has 2 aromatic rings. The molecule has 0 aliphatic rings. The Morgan fingerprint density at radius 2 is 2.09 bits per heavy atom. The van der Waals surface area contributed by atoms with Crippen LogP contribution in [0, 0.1) is 13.8 Å². The third-order valence-electron chi connectivity index (χ3n) is 3.37. The lowest BCUT2D eigenvalue weighted by molar-refractivity contribution is -0.118. The Balaban J connectivity index is 1.80. The number of amides is 2. The number of hydrogen-bond donors (Lipinski definition) is 2. The van der Waals surface area contributed by atoms with Gasteiger partial charge in [0.1, 0.15) is 12.3 Å². The second kappa shape index (κ2) is 7.44. The predicted octanol–water partition coefficient (Wildman–Crippen LogP) is 1.39. The molecule has 7 heteroatoms. The quantitative estimate of drug-likeness (QED) is 0.806. The van der Waals surface area contributed by atoms with Gasteiger partial charge in [-0.1, -0.05) is 12.1 Å². The minimum atomic E-state index is -0.493. The predicted molar refractivity (Wildman–Crippen MR) is 86.1 cm³/mol.